The van der Waals surface area contributed by atoms with Crippen molar-refractivity contribution < 1.29 is 18.3 Å². The fourth-order valence-corrected chi connectivity index (χ4v) is 5.02. The van der Waals surface area contributed by atoms with Crippen molar-refractivity contribution >= 4 is 23.0 Å². The van der Waals surface area contributed by atoms with Gasteiger partial charge >= 0.3 is 0 Å². The van der Waals surface area contributed by atoms with E-state index in [4.69, 9.17) is 4.74 Å². The predicted octanol–water partition coefficient (Wildman–Crippen LogP) is 3.07. The summed E-state index contributed by atoms with van der Waals surface area (Å²) in [6.07, 6.45) is 0.0364. The molecule has 5 rings (SSSR count). The summed E-state index contributed by atoms with van der Waals surface area (Å²) in [6.45, 7) is 8.89. The Morgan fingerprint density at radius 3 is 2.53 bits per heavy atom. The lowest BCUT2D eigenvalue weighted by atomic mass is 10.1. The van der Waals surface area contributed by atoms with Crippen LogP contribution in [0.3, 0.4) is 0 Å². The van der Waals surface area contributed by atoms with Gasteiger partial charge in [0.2, 0.25) is 0 Å². The molecule has 38 heavy (non-hydrogen) atoms. The SMILES string of the molecule is Cc1c(NC(C)C)ccc(NC(=O)c2ccc(=O)n(-c3c(F)cccc3F)n2)c1N1C[C@@H]2NCCO[C@H]2C1. The minimum atomic E-state index is -0.963. The van der Waals surface area contributed by atoms with Crippen LogP contribution in [0, 0.1) is 18.6 Å². The largest absolute Gasteiger partial charge is 0.383 e. The van der Waals surface area contributed by atoms with E-state index in [2.05, 4.69) is 39.8 Å². The Kier molecular flexibility index (Phi) is 7.13. The molecule has 2 aliphatic rings. The van der Waals surface area contributed by atoms with Crippen molar-refractivity contribution in [2.45, 2.75) is 39.0 Å². The maximum absolute atomic E-state index is 14.4. The van der Waals surface area contributed by atoms with Gasteiger partial charge in [-0.3, -0.25) is 9.59 Å². The van der Waals surface area contributed by atoms with E-state index < -0.39 is 28.8 Å². The Morgan fingerprint density at radius 1 is 1.08 bits per heavy atom. The van der Waals surface area contributed by atoms with E-state index in [1.54, 1.807) is 0 Å². The first-order valence-electron chi connectivity index (χ1n) is 12.6. The van der Waals surface area contributed by atoms with Crippen LogP contribution in [0.15, 0.2) is 47.3 Å². The summed E-state index contributed by atoms with van der Waals surface area (Å²) in [5.74, 6) is -2.55. The third-order valence-corrected chi connectivity index (χ3v) is 6.73. The number of nitrogens with zero attached hydrogens (tertiary/aromatic N) is 3. The van der Waals surface area contributed by atoms with Gasteiger partial charge in [-0.1, -0.05) is 6.07 Å². The number of para-hydroxylation sites is 1. The van der Waals surface area contributed by atoms with Crippen LogP contribution in [0.4, 0.5) is 25.8 Å². The quantitative estimate of drug-likeness (QED) is 0.456. The van der Waals surface area contributed by atoms with Crippen LogP contribution in [0.2, 0.25) is 0 Å². The molecule has 2 fully saturated rings. The van der Waals surface area contributed by atoms with Gasteiger partial charge in [0, 0.05) is 37.4 Å². The van der Waals surface area contributed by atoms with Crippen LogP contribution in [-0.4, -0.2) is 60.1 Å². The van der Waals surface area contributed by atoms with E-state index >= 15 is 0 Å². The number of rotatable bonds is 6. The van der Waals surface area contributed by atoms with Crippen molar-refractivity contribution in [3.63, 3.8) is 0 Å². The number of amides is 1. The number of morpholine rings is 1. The van der Waals surface area contributed by atoms with E-state index in [0.29, 0.717) is 30.1 Å². The lowest BCUT2D eigenvalue weighted by Gasteiger charge is -2.27. The number of fused-ring (bicyclic) bond motifs is 1. The van der Waals surface area contributed by atoms with Crippen LogP contribution in [0.1, 0.15) is 29.9 Å². The highest BCUT2D eigenvalue weighted by Crippen LogP contribution is 2.38. The second-order valence-electron chi connectivity index (χ2n) is 9.80. The molecule has 1 amide bonds. The molecule has 0 aliphatic carbocycles. The molecule has 3 N–H and O–H groups in total. The van der Waals surface area contributed by atoms with Crippen LogP contribution in [-0.2, 0) is 4.74 Å². The van der Waals surface area contributed by atoms with Crippen molar-refractivity contribution in [2.75, 3.05) is 41.8 Å². The van der Waals surface area contributed by atoms with Gasteiger partial charge in [-0.2, -0.15) is 9.78 Å². The number of benzene rings is 2. The molecule has 200 valence electrons. The Balaban J connectivity index is 1.50. The van der Waals surface area contributed by atoms with Gasteiger partial charge in [-0.25, -0.2) is 8.78 Å². The summed E-state index contributed by atoms with van der Waals surface area (Å²) in [5.41, 5.74) is 1.73. The molecular weight excluding hydrogens is 494 g/mol. The highest BCUT2D eigenvalue weighted by molar-refractivity contribution is 6.05. The molecule has 0 bridgehead atoms. The highest BCUT2D eigenvalue weighted by Gasteiger charge is 2.37. The zero-order valence-electron chi connectivity index (χ0n) is 21.4. The molecule has 1 aromatic heterocycles. The van der Waals surface area contributed by atoms with Crippen molar-refractivity contribution in [1.29, 1.82) is 0 Å². The van der Waals surface area contributed by atoms with Crippen LogP contribution < -0.4 is 26.4 Å². The molecular formula is C27H30F2N6O3. The number of hydrogen-bond acceptors (Lipinski definition) is 7. The lowest BCUT2D eigenvalue weighted by Crippen LogP contribution is -2.47. The molecule has 2 saturated heterocycles. The molecule has 9 nitrogen and oxygen atoms in total. The van der Waals surface area contributed by atoms with Crippen molar-refractivity contribution in [1.82, 2.24) is 15.1 Å². The predicted molar refractivity (Wildman–Crippen MR) is 141 cm³/mol. The van der Waals surface area contributed by atoms with Crippen LogP contribution in [0.5, 0.6) is 0 Å². The van der Waals surface area contributed by atoms with Gasteiger partial charge < -0.3 is 25.6 Å². The Bertz CT molecular complexity index is 1390. The summed E-state index contributed by atoms with van der Waals surface area (Å²) in [7, 11) is 0. The fraction of sp³-hybridized carbons (Fsp3) is 0.370. The maximum atomic E-state index is 14.4. The first kappa shape index (κ1) is 25.8. The molecule has 2 atom stereocenters. The molecule has 0 unspecified atom stereocenters. The van der Waals surface area contributed by atoms with E-state index in [1.165, 1.54) is 12.1 Å². The van der Waals surface area contributed by atoms with E-state index in [1.807, 2.05) is 19.1 Å². The standard InChI is InChI=1S/C27H30F2N6O3/c1-15(2)31-19-7-8-20(25(16(19)3)34-13-22-23(14-34)38-12-11-30-22)32-27(37)21-9-10-24(36)35(33-21)26-17(28)5-4-6-18(26)29/h4-10,15,22-23,30-31H,11-14H2,1-3H3,(H,32,37)/t22-,23-/m0/s1. The molecule has 11 heteroatoms. The molecule has 0 saturated carbocycles. The zero-order chi connectivity index (χ0) is 27.0. The third-order valence-electron chi connectivity index (χ3n) is 6.73. The Morgan fingerprint density at radius 2 is 1.82 bits per heavy atom. The van der Waals surface area contributed by atoms with Gasteiger partial charge in [-0.05, 0) is 56.7 Å². The normalized spacial score (nSPS) is 18.9. The summed E-state index contributed by atoms with van der Waals surface area (Å²) in [6, 6.07) is 9.61. The summed E-state index contributed by atoms with van der Waals surface area (Å²) in [4.78, 5) is 27.9. The number of nitrogens with one attached hydrogen (secondary N) is 3. The van der Waals surface area contributed by atoms with Crippen molar-refractivity contribution in [3.8, 4) is 5.69 Å². The number of carbonyl (C=O) groups is 1. The third kappa shape index (κ3) is 4.99. The maximum Gasteiger partial charge on any atom is 0.276 e. The average Bonchev–Trinajstić information content (AvgIpc) is 3.30. The molecule has 3 heterocycles. The minimum absolute atomic E-state index is 0.0364. The zero-order valence-corrected chi connectivity index (χ0v) is 21.4. The molecule has 2 aromatic carbocycles. The van der Waals surface area contributed by atoms with Crippen molar-refractivity contribution in [2.24, 2.45) is 0 Å². The monoisotopic (exact) mass is 524 g/mol. The van der Waals surface area contributed by atoms with E-state index in [0.717, 1.165) is 41.7 Å². The summed E-state index contributed by atoms with van der Waals surface area (Å²) >= 11 is 0. The summed E-state index contributed by atoms with van der Waals surface area (Å²) in [5, 5.41) is 13.8. The molecule has 2 aliphatic heterocycles. The number of hydrogen-bond donors (Lipinski definition) is 3. The Hall–Kier alpha value is -3.83. The van der Waals surface area contributed by atoms with Gasteiger partial charge in [0.15, 0.2) is 11.6 Å². The van der Waals surface area contributed by atoms with Crippen LogP contribution in [0.25, 0.3) is 5.69 Å². The fourth-order valence-electron chi connectivity index (χ4n) is 5.02. The van der Waals surface area contributed by atoms with E-state index in [9.17, 15) is 18.4 Å². The molecule has 3 aromatic rings. The summed E-state index contributed by atoms with van der Waals surface area (Å²) < 4.78 is 35.2. The number of halogens is 2. The van der Waals surface area contributed by atoms with Gasteiger partial charge in [0.1, 0.15) is 11.4 Å². The average molecular weight is 525 g/mol. The second kappa shape index (κ2) is 10.5. The number of anilines is 3. The minimum Gasteiger partial charge on any atom is -0.383 e. The Labute approximate surface area is 218 Å². The van der Waals surface area contributed by atoms with Gasteiger partial charge in [0.25, 0.3) is 11.5 Å². The molecule has 0 spiro atoms. The van der Waals surface area contributed by atoms with Gasteiger partial charge in [-0.15, -0.1) is 0 Å². The second-order valence-corrected chi connectivity index (χ2v) is 9.80. The molecule has 0 radical (unpaired) electrons. The van der Waals surface area contributed by atoms with Crippen LogP contribution >= 0.6 is 0 Å². The van der Waals surface area contributed by atoms with E-state index in [-0.39, 0.29) is 23.9 Å². The first-order chi connectivity index (χ1) is 18.2. The first-order valence-corrected chi connectivity index (χ1v) is 12.6. The topological polar surface area (TPSA) is 101 Å². The number of ether oxygens (including phenoxy) is 1. The van der Waals surface area contributed by atoms with Crippen molar-refractivity contribution in [3.05, 3.63) is 75.7 Å². The smallest absolute Gasteiger partial charge is 0.276 e. The number of carbonyl (C=O) groups excluding carboxylic acids is 1. The number of aromatic nitrogens is 2. The lowest BCUT2D eigenvalue weighted by molar-refractivity contribution is 0.0212. The van der Waals surface area contributed by atoms with Gasteiger partial charge in [0.05, 0.1) is 30.1 Å². The highest BCUT2D eigenvalue weighted by atomic mass is 19.1.